The third-order valence-electron chi connectivity index (χ3n) is 3.10. The molecule has 0 aromatic heterocycles. The fourth-order valence-corrected chi connectivity index (χ4v) is 1.98. The first-order valence-electron chi connectivity index (χ1n) is 6.11. The average Bonchev–Trinajstić information content (AvgIpc) is 2.42. The van der Waals surface area contributed by atoms with Crippen molar-refractivity contribution in [2.45, 2.75) is 18.9 Å². The molecule has 1 fully saturated rings. The summed E-state index contributed by atoms with van der Waals surface area (Å²) >= 11 is 0. The summed E-state index contributed by atoms with van der Waals surface area (Å²) in [6.07, 6.45) is 1.10. The Kier molecular flexibility index (Phi) is 3.89. The molecule has 2 rings (SSSR count). The summed E-state index contributed by atoms with van der Waals surface area (Å²) in [5, 5.41) is 5.60. The summed E-state index contributed by atoms with van der Waals surface area (Å²) in [6, 6.07) is 4.85. The van der Waals surface area contributed by atoms with Crippen LogP contribution in [0.25, 0.3) is 0 Å². The molecule has 1 aliphatic heterocycles. The number of nitrogens with two attached hydrogens (primary N) is 1. The maximum atomic E-state index is 12.1. The van der Waals surface area contributed by atoms with Crippen LogP contribution in [0.4, 0.5) is 5.69 Å². The molecule has 1 saturated heterocycles. The van der Waals surface area contributed by atoms with Gasteiger partial charge in [-0.25, -0.2) is 0 Å². The zero-order chi connectivity index (χ0) is 13.8. The average molecular weight is 263 g/mol. The van der Waals surface area contributed by atoms with Crippen LogP contribution in [0.1, 0.15) is 23.2 Å². The summed E-state index contributed by atoms with van der Waals surface area (Å²) in [7, 11) is 1.50. The highest BCUT2D eigenvalue weighted by Gasteiger charge is 2.20. The van der Waals surface area contributed by atoms with Crippen molar-refractivity contribution < 1.29 is 14.3 Å². The second-order valence-electron chi connectivity index (χ2n) is 4.47. The first-order chi connectivity index (χ1) is 9.10. The van der Waals surface area contributed by atoms with Gasteiger partial charge in [0.05, 0.1) is 12.8 Å². The lowest BCUT2D eigenvalue weighted by Gasteiger charge is -2.23. The predicted octanol–water partition coefficient (Wildman–Crippen LogP) is 0.286. The van der Waals surface area contributed by atoms with Crippen molar-refractivity contribution in [2.75, 3.05) is 19.4 Å². The van der Waals surface area contributed by atoms with Gasteiger partial charge in [0, 0.05) is 24.6 Å². The van der Waals surface area contributed by atoms with Crippen molar-refractivity contribution in [1.29, 1.82) is 0 Å². The lowest BCUT2D eigenvalue weighted by Crippen LogP contribution is -2.47. The number of carbonyl (C=O) groups excluding carboxylic acids is 2. The van der Waals surface area contributed by atoms with Gasteiger partial charge in [-0.2, -0.15) is 0 Å². The lowest BCUT2D eigenvalue weighted by atomic mass is 10.1. The van der Waals surface area contributed by atoms with Crippen LogP contribution in [-0.2, 0) is 4.79 Å². The van der Waals surface area contributed by atoms with Gasteiger partial charge in [-0.1, -0.05) is 0 Å². The molecule has 1 aliphatic rings. The Balaban J connectivity index is 2.01. The molecule has 1 atom stereocenters. The molecule has 1 heterocycles. The summed E-state index contributed by atoms with van der Waals surface area (Å²) in [5.74, 6) is 0.309. The van der Waals surface area contributed by atoms with Gasteiger partial charge in [0.2, 0.25) is 5.91 Å². The van der Waals surface area contributed by atoms with E-state index in [0.717, 1.165) is 0 Å². The van der Waals surface area contributed by atoms with E-state index < -0.39 is 0 Å². The van der Waals surface area contributed by atoms with Crippen LogP contribution >= 0.6 is 0 Å². The van der Waals surface area contributed by atoms with Crippen molar-refractivity contribution in [3.63, 3.8) is 0 Å². The minimum atomic E-state index is -0.195. The van der Waals surface area contributed by atoms with Crippen molar-refractivity contribution in [2.24, 2.45) is 0 Å². The van der Waals surface area contributed by atoms with E-state index in [1.807, 2.05) is 0 Å². The van der Waals surface area contributed by atoms with E-state index in [2.05, 4.69) is 10.6 Å². The van der Waals surface area contributed by atoms with Crippen molar-refractivity contribution in [1.82, 2.24) is 10.6 Å². The van der Waals surface area contributed by atoms with Gasteiger partial charge < -0.3 is 21.1 Å². The third kappa shape index (κ3) is 3.15. The van der Waals surface area contributed by atoms with Crippen molar-refractivity contribution in [3.05, 3.63) is 23.8 Å². The zero-order valence-electron chi connectivity index (χ0n) is 10.7. The molecule has 1 aromatic carbocycles. The molecule has 102 valence electrons. The minimum Gasteiger partial charge on any atom is -0.495 e. The van der Waals surface area contributed by atoms with E-state index in [9.17, 15) is 9.59 Å². The summed E-state index contributed by atoms with van der Waals surface area (Å²) in [6.45, 7) is 0.469. The molecule has 0 saturated carbocycles. The Morgan fingerprint density at radius 3 is 2.95 bits per heavy atom. The lowest BCUT2D eigenvalue weighted by molar-refractivity contribution is -0.122. The monoisotopic (exact) mass is 263 g/mol. The number of benzene rings is 1. The van der Waals surface area contributed by atoms with Gasteiger partial charge in [-0.15, -0.1) is 0 Å². The van der Waals surface area contributed by atoms with E-state index >= 15 is 0 Å². The molecular weight excluding hydrogens is 246 g/mol. The van der Waals surface area contributed by atoms with Gasteiger partial charge in [0.25, 0.3) is 5.91 Å². The molecule has 4 N–H and O–H groups in total. The third-order valence-corrected chi connectivity index (χ3v) is 3.10. The first kappa shape index (κ1) is 13.2. The van der Waals surface area contributed by atoms with Gasteiger partial charge in [-0.3, -0.25) is 9.59 Å². The van der Waals surface area contributed by atoms with E-state index in [0.29, 0.717) is 36.4 Å². The van der Waals surface area contributed by atoms with Crippen LogP contribution < -0.4 is 21.1 Å². The van der Waals surface area contributed by atoms with E-state index in [4.69, 9.17) is 10.5 Å². The minimum absolute atomic E-state index is 0.0275. The number of amides is 2. The SMILES string of the molecule is COc1cc(C(=O)NC2CCC(=O)NC2)ccc1N. The number of methoxy groups -OCH3 is 1. The molecule has 6 heteroatoms. The Bertz CT molecular complexity index is 492. The maximum absolute atomic E-state index is 12.1. The standard InChI is InChI=1S/C13H17N3O3/c1-19-11-6-8(2-4-10(11)14)13(18)16-9-3-5-12(17)15-7-9/h2,4,6,9H,3,5,7,14H2,1H3,(H,15,17)(H,16,18). The molecule has 2 amide bonds. The second-order valence-corrected chi connectivity index (χ2v) is 4.47. The van der Waals surface area contributed by atoms with Crippen molar-refractivity contribution in [3.8, 4) is 5.75 Å². The van der Waals surface area contributed by atoms with Crippen LogP contribution in [0.5, 0.6) is 5.75 Å². The molecule has 0 bridgehead atoms. The van der Waals surface area contributed by atoms with Gasteiger partial charge >= 0.3 is 0 Å². The highest BCUT2D eigenvalue weighted by Crippen LogP contribution is 2.22. The number of nitrogens with one attached hydrogen (secondary N) is 2. The highest BCUT2D eigenvalue weighted by molar-refractivity contribution is 5.95. The molecule has 0 spiro atoms. The summed E-state index contributed by atoms with van der Waals surface area (Å²) in [5.41, 5.74) is 6.67. The topological polar surface area (TPSA) is 93.4 Å². The van der Waals surface area contributed by atoms with Gasteiger partial charge in [-0.05, 0) is 24.6 Å². The van der Waals surface area contributed by atoms with Crippen LogP contribution in [0, 0.1) is 0 Å². The smallest absolute Gasteiger partial charge is 0.251 e. The number of rotatable bonds is 3. The first-order valence-corrected chi connectivity index (χ1v) is 6.11. The Labute approximate surface area is 111 Å². The Morgan fingerprint density at radius 1 is 1.53 bits per heavy atom. The fourth-order valence-electron chi connectivity index (χ4n) is 1.98. The number of anilines is 1. The van der Waals surface area contributed by atoms with E-state index in [1.165, 1.54) is 7.11 Å². The van der Waals surface area contributed by atoms with Gasteiger partial charge in [0.15, 0.2) is 0 Å². The normalized spacial score (nSPS) is 18.6. The molecular formula is C13H17N3O3. The number of carbonyl (C=O) groups is 2. The quantitative estimate of drug-likeness (QED) is 0.683. The Hall–Kier alpha value is -2.24. The van der Waals surface area contributed by atoms with Crippen LogP contribution in [-0.4, -0.2) is 31.5 Å². The number of piperidine rings is 1. The van der Waals surface area contributed by atoms with Gasteiger partial charge in [0.1, 0.15) is 5.75 Å². The summed E-state index contributed by atoms with van der Waals surface area (Å²) < 4.78 is 5.08. The molecule has 1 aromatic rings. The van der Waals surface area contributed by atoms with E-state index in [-0.39, 0.29) is 17.9 Å². The van der Waals surface area contributed by atoms with Crippen molar-refractivity contribution >= 4 is 17.5 Å². The van der Waals surface area contributed by atoms with E-state index in [1.54, 1.807) is 18.2 Å². The predicted molar refractivity (Wildman–Crippen MR) is 70.9 cm³/mol. The number of ether oxygens (including phenoxy) is 1. The summed E-state index contributed by atoms with van der Waals surface area (Å²) in [4.78, 5) is 23.1. The largest absolute Gasteiger partial charge is 0.495 e. The van der Waals surface area contributed by atoms with Crippen LogP contribution in [0.3, 0.4) is 0 Å². The molecule has 0 radical (unpaired) electrons. The van der Waals surface area contributed by atoms with Crippen LogP contribution in [0.2, 0.25) is 0 Å². The molecule has 1 unspecified atom stereocenters. The highest BCUT2D eigenvalue weighted by atomic mass is 16.5. The fraction of sp³-hybridized carbons (Fsp3) is 0.385. The Morgan fingerprint density at radius 2 is 2.32 bits per heavy atom. The second kappa shape index (κ2) is 5.60. The molecule has 19 heavy (non-hydrogen) atoms. The molecule has 0 aliphatic carbocycles. The number of nitrogen functional groups attached to an aromatic ring is 1. The number of hydrogen-bond acceptors (Lipinski definition) is 4. The maximum Gasteiger partial charge on any atom is 0.251 e. The van der Waals surface area contributed by atoms with Crippen LogP contribution in [0.15, 0.2) is 18.2 Å². The number of hydrogen-bond donors (Lipinski definition) is 3. The zero-order valence-corrected chi connectivity index (χ0v) is 10.7. The molecule has 6 nitrogen and oxygen atoms in total.